The van der Waals surface area contributed by atoms with E-state index in [1.165, 1.54) is 0 Å². The first-order chi connectivity index (χ1) is 30.4. The molecule has 3 heterocycles. The number of carbonyl (C=O) groups excluding carboxylic acids is 6. The highest BCUT2D eigenvalue weighted by molar-refractivity contribution is 5.95. The van der Waals surface area contributed by atoms with Crippen LogP contribution in [0.2, 0.25) is 0 Å². The maximum atomic E-state index is 14.0. The molecule has 0 radical (unpaired) electrons. The van der Waals surface area contributed by atoms with Crippen molar-refractivity contribution in [1.82, 2.24) is 51.1 Å². The molecular weight excluding hydrogens is 845 g/mol. The van der Waals surface area contributed by atoms with Crippen LogP contribution in [0.15, 0.2) is 4.99 Å². The molecular formula is C38H66N14O12. The zero-order valence-corrected chi connectivity index (χ0v) is 36.2. The van der Waals surface area contributed by atoms with Gasteiger partial charge in [-0.2, -0.15) is 0 Å². The smallest absolute Gasteiger partial charge is 0.317 e. The highest BCUT2D eigenvalue weighted by Crippen LogP contribution is 2.21. The Morgan fingerprint density at radius 1 is 0.703 bits per heavy atom. The number of nitrogens with zero attached hydrogens (tertiary/aromatic N) is 6. The summed E-state index contributed by atoms with van der Waals surface area (Å²) in [5.74, 6) is -6.08. The molecule has 26 heteroatoms. The number of nitrogens with one attached hydrogen (secondary N) is 5. The third-order valence-corrected chi connectivity index (χ3v) is 10.9. The number of rotatable bonds is 19. The maximum absolute atomic E-state index is 14.0. The molecule has 3 aliphatic rings. The van der Waals surface area contributed by atoms with Crippen molar-refractivity contribution in [2.75, 3.05) is 118 Å². The van der Waals surface area contributed by atoms with Crippen molar-refractivity contribution < 1.29 is 58.5 Å². The van der Waals surface area contributed by atoms with Gasteiger partial charge in [0, 0.05) is 97.5 Å². The highest BCUT2D eigenvalue weighted by Gasteiger charge is 2.40. The molecule has 1 unspecified atom stereocenters. The summed E-state index contributed by atoms with van der Waals surface area (Å²) in [5.41, 5.74) is 16.7. The second-order valence-electron chi connectivity index (χ2n) is 16.1. The number of carbonyl (C=O) groups is 9. The number of nitrogens with two attached hydrogens (primary N) is 3. The number of amides is 5. The van der Waals surface area contributed by atoms with E-state index in [9.17, 15) is 58.5 Å². The van der Waals surface area contributed by atoms with Gasteiger partial charge < -0.3 is 59.1 Å². The summed E-state index contributed by atoms with van der Waals surface area (Å²) in [7, 11) is 0. The van der Waals surface area contributed by atoms with Gasteiger partial charge in [-0.05, 0) is 25.7 Å². The molecule has 4 atom stereocenters. The van der Waals surface area contributed by atoms with E-state index < -0.39 is 66.3 Å². The van der Waals surface area contributed by atoms with Crippen LogP contribution >= 0.6 is 0 Å². The molecule has 0 aromatic rings. The van der Waals surface area contributed by atoms with Gasteiger partial charge in [0.1, 0.15) is 0 Å². The molecule has 5 amide bonds. The van der Waals surface area contributed by atoms with E-state index in [4.69, 9.17) is 17.2 Å². The Kier molecular flexibility index (Phi) is 22.8. The van der Waals surface area contributed by atoms with Crippen LogP contribution in [0.4, 0.5) is 0 Å². The van der Waals surface area contributed by atoms with Gasteiger partial charge in [-0.15, -0.1) is 0 Å². The van der Waals surface area contributed by atoms with Crippen molar-refractivity contribution in [3.05, 3.63) is 0 Å². The minimum absolute atomic E-state index is 0.0646. The van der Waals surface area contributed by atoms with Crippen LogP contribution < -0.4 is 43.8 Å². The third kappa shape index (κ3) is 20.8. The summed E-state index contributed by atoms with van der Waals surface area (Å²) in [6.07, 6.45) is 0.786. The standard InChI is InChI=1S/C38H66N14O12/c39-26-18-30(54)46-25-17-28(36(63)27(3-1-6-44-38(40)41)47-31(55)19-45-37(26)64)52(20-25)8-7-43-29(53)4-2-5-42-32(56)21-48-9-11-49(22-33(57)58)13-15-51(24-35(61)62)16-14-50(12-10-48)23-34(59)60/h25-28H,1-24,39H2,(H,42,56)(H,43,53)(H,45,64)(H,46,54)(H,47,55)(H,57,58)(H,59,60)(H,61,62)(H4,40,41,44)/t25-,26-,27?,28-/m0/s1. The fourth-order valence-corrected chi connectivity index (χ4v) is 7.64. The molecule has 3 rings (SSSR count). The van der Waals surface area contributed by atoms with Crippen LogP contribution in [0.1, 0.15) is 38.5 Å². The fraction of sp³-hybridized carbons (Fsp3) is 0.737. The molecule has 3 fully saturated rings. The van der Waals surface area contributed by atoms with Crippen LogP contribution in [0.3, 0.4) is 0 Å². The number of hydrogen-bond acceptors (Lipinski definition) is 16. The van der Waals surface area contributed by atoms with Crippen molar-refractivity contribution in [1.29, 1.82) is 0 Å². The number of Topliss-reactive ketones (excluding diaryl/α,β-unsaturated/α-hetero) is 1. The predicted molar refractivity (Wildman–Crippen MR) is 228 cm³/mol. The molecule has 0 aromatic heterocycles. The van der Waals surface area contributed by atoms with Gasteiger partial charge in [0.25, 0.3) is 0 Å². The number of ketones is 1. The largest absolute Gasteiger partial charge is 0.480 e. The Morgan fingerprint density at radius 3 is 1.77 bits per heavy atom. The minimum atomic E-state index is -1.20. The molecule has 64 heavy (non-hydrogen) atoms. The predicted octanol–water partition coefficient (Wildman–Crippen LogP) is -7.01. The number of carboxylic acids is 3. The van der Waals surface area contributed by atoms with Gasteiger partial charge in [0.2, 0.25) is 29.5 Å². The molecule has 3 saturated heterocycles. The van der Waals surface area contributed by atoms with Crippen molar-refractivity contribution in [2.24, 2.45) is 22.2 Å². The lowest BCUT2D eigenvalue weighted by Gasteiger charge is -2.32. The lowest BCUT2D eigenvalue weighted by molar-refractivity contribution is -0.140. The van der Waals surface area contributed by atoms with Crippen molar-refractivity contribution >= 4 is 59.2 Å². The number of carboxylic acid groups (broad SMARTS) is 3. The first-order valence-corrected chi connectivity index (χ1v) is 21.4. The average molecular weight is 911 g/mol. The van der Waals surface area contributed by atoms with E-state index in [1.807, 2.05) is 4.90 Å². The second kappa shape index (κ2) is 27.6. The molecule has 2 bridgehead atoms. The summed E-state index contributed by atoms with van der Waals surface area (Å²) < 4.78 is 0. The quantitative estimate of drug-likeness (QED) is 0.0326. The molecule has 0 aromatic carbocycles. The Labute approximate surface area is 371 Å². The van der Waals surface area contributed by atoms with Gasteiger partial charge in [0.15, 0.2) is 11.7 Å². The van der Waals surface area contributed by atoms with Crippen LogP contribution in [0.5, 0.6) is 0 Å². The number of fused-ring (bicyclic) bond motifs is 2. The fourth-order valence-electron chi connectivity index (χ4n) is 7.64. The van der Waals surface area contributed by atoms with E-state index in [0.717, 1.165) is 0 Å². The van der Waals surface area contributed by atoms with Gasteiger partial charge >= 0.3 is 17.9 Å². The summed E-state index contributed by atoms with van der Waals surface area (Å²) in [6.45, 7) is 1.66. The number of hydrogen-bond donors (Lipinski definition) is 11. The van der Waals surface area contributed by atoms with Gasteiger partial charge in [-0.3, -0.25) is 72.6 Å². The molecule has 360 valence electrons. The van der Waals surface area contributed by atoms with E-state index in [2.05, 4.69) is 31.6 Å². The SMILES string of the molecule is NC(N)=NCCCC1NC(=O)CNC(=O)[C@@H](N)CC(=O)N[C@H]2C[C@@H](C1=O)N(CCNC(=O)CCCNC(=O)CN1CCN(CC(=O)O)CCN(CC(=O)O)CCN(CC(=O)O)CC1)C2. The maximum Gasteiger partial charge on any atom is 0.317 e. The van der Waals surface area contributed by atoms with E-state index in [0.29, 0.717) is 12.8 Å². The molecule has 0 saturated carbocycles. The summed E-state index contributed by atoms with van der Waals surface area (Å²) >= 11 is 0. The minimum Gasteiger partial charge on any atom is -0.480 e. The van der Waals surface area contributed by atoms with Gasteiger partial charge in [-0.1, -0.05) is 0 Å². The second-order valence-corrected chi connectivity index (χ2v) is 16.1. The zero-order valence-electron chi connectivity index (χ0n) is 36.2. The summed E-state index contributed by atoms with van der Waals surface area (Å²) in [4.78, 5) is 125. The Morgan fingerprint density at radius 2 is 1.23 bits per heavy atom. The molecule has 14 N–H and O–H groups in total. The highest BCUT2D eigenvalue weighted by atomic mass is 16.4. The number of likely N-dealkylation sites (tertiary alicyclic amines) is 1. The van der Waals surface area contributed by atoms with Crippen LogP contribution in [0, 0.1) is 0 Å². The van der Waals surface area contributed by atoms with E-state index in [-0.39, 0.29) is 161 Å². The monoisotopic (exact) mass is 910 g/mol. The first kappa shape index (κ1) is 52.8. The number of guanidine groups is 1. The van der Waals surface area contributed by atoms with Gasteiger partial charge in [0.05, 0.1) is 57.3 Å². The topological polar surface area (TPSA) is 381 Å². The summed E-state index contributed by atoms with van der Waals surface area (Å²) in [5, 5.41) is 41.8. The van der Waals surface area contributed by atoms with E-state index in [1.54, 1.807) is 19.6 Å². The lowest BCUT2D eigenvalue weighted by atomic mass is 9.97. The molecule has 26 nitrogen and oxygen atoms in total. The molecule has 0 aliphatic carbocycles. The molecule has 3 aliphatic heterocycles. The normalized spacial score (nSPS) is 23.3. The Bertz CT molecular complexity index is 1630. The van der Waals surface area contributed by atoms with Crippen LogP contribution in [-0.4, -0.2) is 241 Å². The van der Waals surface area contributed by atoms with Crippen molar-refractivity contribution in [3.8, 4) is 0 Å². The van der Waals surface area contributed by atoms with E-state index >= 15 is 0 Å². The number of aliphatic carboxylic acids is 3. The Balaban J connectivity index is 1.54. The Hall–Kier alpha value is -5.54. The van der Waals surface area contributed by atoms with Crippen molar-refractivity contribution in [3.63, 3.8) is 0 Å². The lowest BCUT2D eigenvalue weighted by Crippen LogP contribution is -2.53. The van der Waals surface area contributed by atoms with Crippen molar-refractivity contribution in [2.45, 2.75) is 62.7 Å². The first-order valence-electron chi connectivity index (χ1n) is 21.4. The van der Waals surface area contributed by atoms with Gasteiger partial charge in [-0.25, -0.2) is 0 Å². The average Bonchev–Trinajstić information content (AvgIpc) is 3.60. The van der Waals surface area contributed by atoms with Crippen LogP contribution in [0.25, 0.3) is 0 Å². The summed E-state index contributed by atoms with van der Waals surface area (Å²) in [6, 6.07) is -3.38. The molecule has 0 spiro atoms. The third-order valence-electron chi connectivity index (χ3n) is 10.9. The zero-order chi connectivity index (χ0) is 47.2. The van der Waals surface area contributed by atoms with Crippen LogP contribution in [-0.2, 0) is 43.2 Å². The number of aliphatic imine (C=N–C) groups is 1.